The van der Waals surface area contributed by atoms with Gasteiger partial charge in [0.25, 0.3) is 0 Å². The van der Waals surface area contributed by atoms with Gasteiger partial charge in [0.05, 0.1) is 19.6 Å². The molecule has 0 heterocycles. The van der Waals surface area contributed by atoms with E-state index in [2.05, 4.69) is 4.89 Å². The maximum absolute atomic E-state index is 11.6. The van der Waals surface area contributed by atoms with E-state index in [4.69, 9.17) is 14.4 Å². The summed E-state index contributed by atoms with van der Waals surface area (Å²) in [7, 11) is 0. The van der Waals surface area contributed by atoms with E-state index >= 15 is 0 Å². The van der Waals surface area contributed by atoms with Crippen LogP contribution in [0.4, 0.5) is 0 Å². The van der Waals surface area contributed by atoms with E-state index in [1.807, 2.05) is 0 Å². The van der Waals surface area contributed by atoms with E-state index < -0.39 is 35.8 Å². The van der Waals surface area contributed by atoms with Crippen LogP contribution >= 0.6 is 0 Å². The number of hydrogen-bond acceptors (Lipinski definition) is 7. The Morgan fingerprint density at radius 2 is 1.40 bits per heavy atom. The van der Waals surface area contributed by atoms with E-state index in [-0.39, 0.29) is 13.2 Å². The van der Waals surface area contributed by atoms with Gasteiger partial charge in [0.15, 0.2) is 5.92 Å². The third kappa shape index (κ3) is 7.73. The topological polar surface area (TPSA) is 88.1 Å². The molecular weight excluding hydrogens is 268 g/mol. The Balaban J connectivity index is 4.59. The Bertz CT molecular complexity index is 325. The summed E-state index contributed by atoms with van der Waals surface area (Å²) in [6.45, 7) is 8.46. The molecule has 0 aromatic heterocycles. The van der Waals surface area contributed by atoms with Gasteiger partial charge in [-0.3, -0.25) is 14.5 Å². The van der Waals surface area contributed by atoms with Gasteiger partial charge in [-0.1, -0.05) is 0 Å². The van der Waals surface area contributed by atoms with Crippen molar-refractivity contribution in [3.8, 4) is 0 Å². The van der Waals surface area contributed by atoms with Crippen LogP contribution in [-0.2, 0) is 33.6 Å². The van der Waals surface area contributed by atoms with Crippen LogP contribution in [0.5, 0.6) is 0 Å². The van der Waals surface area contributed by atoms with Gasteiger partial charge in [-0.2, -0.15) is 4.89 Å². The second-order valence-electron chi connectivity index (χ2n) is 4.91. The Morgan fingerprint density at radius 3 is 1.75 bits per heavy atom. The zero-order chi connectivity index (χ0) is 15.8. The summed E-state index contributed by atoms with van der Waals surface area (Å²) < 4.78 is 9.46. The molecular formula is C13H22O7. The van der Waals surface area contributed by atoms with E-state index in [0.717, 1.165) is 0 Å². The Kier molecular flexibility index (Phi) is 7.83. The lowest BCUT2D eigenvalue weighted by Gasteiger charge is -2.18. The molecule has 7 heteroatoms. The van der Waals surface area contributed by atoms with Crippen molar-refractivity contribution in [1.29, 1.82) is 0 Å². The molecule has 7 nitrogen and oxygen atoms in total. The van der Waals surface area contributed by atoms with Gasteiger partial charge in [0, 0.05) is 0 Å². The fourth-order valence-electron chi connectivity index (χ4n) is 1.12. The second kappa shape index (κ2) is 8.52. The molecule has 0 aromatic carbocycles. The summed E-state index contributed by atoms with van der Waals surface area (Å²) >= 11 is 0. The minimum atomic E-state index is -1.34. The molecule has 0 spiro atoms. The maximum Gasteiger partial charge on any atom is 0.343 e. The first-order valence-electron chi connectivity index (χ1n) is 6.43. The molecule has 0 amide bonds. The van der Waals surface area contributed by atoms with Crippen molar-refractivity contribution in [2.75, 3.05) is 13.2 Å². The first kappa shape index (κ1) is 18.4. The second-order valence-corrected chi connectivity index (χ2v) is 4.91. The lowest BCUT2D eigenvalue weighted by Crippen LogP contribution is -2.31. The third-order valence-corrected chi connectivity index (χ3v) is 1.90. The van der Waals surface area contributed by atoms with Crippen molar-refractivity contribution < 1.29 is 33.6 Å². The number of hydrogen-bond donors (Lipinski definition) is 0. The highest BCUT2D eigenvalue weighted by molar-refractivity contribution is 5.98. The fraction of sp³-hybridized carbons (Fsp3) is 0.769. The van der Waals surface area contributed by atoms with E-state index in [1.54, 1.807) is 34.6 Å². The van der Waals surface area contributed by atoms with Crippen LogP contribution in [0, 0.1) is 5.92 Å². The van der Waals surface area contributed by atoms with Crippen LogP contribution in [0.3, 0.4) is 0 Å². The van der Waals surface area contributed by atoms with Crippen LogP contribution in [0.15, 0.2) is 0 Å². The monoisotopic (exact) mass is 290 g/mol. The molecule has 0 rings (SSSR count). The minimum absolute atomic E-state index is 0.0995. The molecule has 0 aliphatic rings. The van der Waals surface area contributed by atoms with Gasteiger partial charge in [-0.15, -0.1) is 0 Å². The van der Waals surface area contributed by atoms with Gasteiger partial charge in [0.1, 0.15) is 5.60 Å². The molecule has 0 bridgehead atoms. The van der Waals surface area contributed by atoms with Gasteiger partial charge < -0.3 is 9.47 Å². The molecule has 0 fully saturated rings. The smallest absolute Gasteiger partial charge is 0.343 e. The van der Waals surface area contributed by atoms with Gasteiger partial charge in [-0.25, -0.2) is 4.79 Å². The van der Waals surface area contributed by atoms with Crippen molar-refractivity contribution in [3.63, 3.8) is 0 Å². The van der Waals surface area contributed by atoms with Crippen LogP contribution in [-0.4, -0.2) is 36.7 Å². The highest BCUT2D eigenvalue weighted by Gasteiger charge is 2.33. The molecule has 0 unspecified atom stereocenters. The molecule has 0 aromatic rings. The number of carbonyl (C=O) groups is 3. The van der Waals surface area contributed by atoms with Crippen molar-refractivity contribution in [2.45, 2.75) is 46.6 Å². The van der Waals surface area contributed by atoms with E-state index in [0.29, 0.717) is 0 Å². The summed E-state index contributed by atoms with van der Waals surface area (Å²) in [5.74, 6) is -3.82. The average molecular weight is 290 g/mol. The summed E-state index contributed by atoms with van der Waals surface area (Å²) in [5.41, 5.74) is -0.682. The Hall–Kier alpha value is -1.63. The molecule has 0 radical (unpaired) electrons. The SMILES string of the molecule is CCOC(=O)C(CC(=O)OOC(C)(C)C)C(=O)OCC. The zero-order valence-corrected chi connectivity index (χ0v) is 12.6. The van der Waals surface area contributed by atoms with Crippen molar-refractivity contribution in [1.82, 2.24) is 0 Å². The first-order valence-corrected chi connectivity index (χ1v) is 6.43. The maximum atomic E-state index is 11.6. The number of carbonyl (C=O) groups excluding carboxylic acids is 3. The van der Waals surface area contributed by atoms with Crippen LogP contribution in [0.25, 0.3) is 0 Å². The average Bonchev–Trinajstić information content (AvgIpc) is 2.33. The van der Waals surface area contributed by atoms with Crippen LogP contribution in [0.1, 0.15) is 41.0 Å². The standard InChI is InChI=1S/C13H22O7/c1-6-17-11(15)9(12(16)18-7-2)8-10(14)19-20-13(3,4)5/h9H,6-8H2,1-5H3. The fourth-order valence-corrected chi connectivity index (χ4v) is 1.12. The zero-order valence-electron chi connectivity index (χ0n) is 12.6. The Labute approximate surface area is 118 Å². The predicted molar refractivity (Wildman–Crippen MR) is 68.3 cm³/mol. The predicted octanol–water partition coefficient (Wildman–Crippen LogP) is 1.39. The lowest BCUT2D eigenvalue weighted by molar-refractivity contribution is -0.320. The Morgan fingerprint density at radius 1 is 0.950 bits per heavy atom. The molecule has 0 aliphatic heterocycles. The number of esters is 2. The molecule has 20 heavy (non-hydrogen) atoms. The molecule has 0 saturated carbocycles. The first-order chi connectivity index (χ1) is 9.21. The summed E-state index contributed by atoms with van der Waals surface area (Å²) in [6.07, 6.45) is -0.492. The molecule has 0 aliphatic carbocycles. The quantitative estimate of drug-likeness (QED) is 0.303. The number of rotatable bonds is 7. The minimum Gasteiger partial charge on any atom is -0.465 e. The van der Waals surface area contributed by atoms with Gasteiger partial charge in [-0.05, 0) is 34.6 Å². The summed E-state index contributed by atoms with van der Waals surface area (Å²) in [5, 5.41) is 0. The molecule has 116 valence electrons. The van der Waals surface area contributed by atoms with Gasteiger partial charge >= 0.3 is 17.9 Å². The highest BCUT2D eigenvalue weighted by atomic mass is 17.2. The normalized spacial score (nSPS) is 11.1. The molecule has 0 N–H and O–H groups in total. The third-order valence-electron chi connectivity index (χ3n) is 1.90. The van der Waals surface area contributed by atoms with E-state index in [9.17, 15) is 14.4 Å². The number of ether oxygens (including phenoxy) is 2. The van der Waals surface area contributed by atoms with E-state index in [1.165, 1.54) is 0 Å². The van der Waals surface area contributed by atoms with Crippen LogP contribution < -0.4 is 0 Å². The van der Waals surface area contributed by atoms with Crippen LogP contribution in [0.2, 0.25) is 0 Å². The highest BCUT2D eigenvalue weighted by Crippen LogP contribution is 2.13. The van der Waals surface area contributed by atoms with Gasteiger partial charge in [0.2, 0.25) is 0 Å². The summed E-state index contributed by atoms with van der Waals surface area (Å²) in [4.78, 5) is 44.2. The largest absolute Gasteiger partial charge is 0.465 e. The van der Waals surface area contributed by atoms with Crippen molar-refractivity contribution in [3.05, 3.63) is 0 Å². The summed E-state index contributed by atoms with van der Waals surface area (Å²) in [6, 6.07) is 0. The lowest BCUT2D eigenvalue weighted by atomic mass is 10.1. The molecule has 0 saturated heterocycles. The van der Waals surface area contributed by atoms with Crippen molar-refractivity contribution >= 4 is 17.9 Å². The molecule has 0 atom stereocenters. The van der Waals surface area contributed by atoms with Crippen molar-refractivity contribution in [2.24, 2.45) is 5.92 Å².